The van der Waals surface area contributed by atoms with Crippen molar-refractivity contribution in [2.45, 2.75) is 18.2 Å². The van der Waals surface area contributed by atoms with Crippen LogP contribution in [0.1, 0.15) is 17.4 Å². The zero-order valence-electron chi connectivity index (χ0n) is 16.5. The Hall–Kier alpha value is -3.14. The fraction of sp³-hybridized carbons (Fsp3) is 0.227. The third kappa shape index (κ3) is 5.37. The molecule has 3 nitrogen and oxygen atoms in total. The molecule has 3 aromatic rings. The van der Waals surface area contributed by atoms with Crippen molar-refractivity contribution in [1.29, 1.82) is 0 Å². The van der Waals surface area contributed by atoms with Crippen molar-refractivity contribution >= 4 is 0 Å². The molecule has 1 aromatic heterocycles. The van der Waals surface area contributed by atoms with Crippen molar-refractivity contribution in [3.8, 4) is 16.9 Å². The first-order valence-electron chi connectivity index (χ1n) is 9.13. The lowest BCUT2D eigenvalue weighted by Crippen LogP contribution is -2.27. The van der Waals surface area contributed by atoms with Gasteiger partial charge in [-0.3, -0.25) is 4.98 Å². The van der Waals surface area contributed by atoms with Crippen LogP contribution in [0, 0.1) is 11.6 Å². The highest BCUT2D eigenvalue weighted by Crippen LogP contribution is 2.43. The van der Waals surface area contributed by atoms with Crippen LogP contribution in [-0.4, -0.2) is 24.9 Å². The van der Waals surface area contributed by atoms with Crippen molar-refractivity contribution in [3.05, 3.63) is 83.7 Å². The second-order valence-electron chi connectivity index (χ2n) is 6.76. The van der Waals surface area contributed by atoms with Gasteiger partial charge < -0.3 is 9.47 Å². The van der Waals surface area contributed by atoms with Crippen LogP contribution in [0.15, 0.2) is 60.8 Å². The van der Waals surface area contributed by atoms with Crippen LogP contribution >= 0.6 is 0 Å². The first-order chi connectivity index (χ1) is 15.0. The van der Waals surface area contributed by atoms with Crippen LogP contribution in [0.5, 0.6) is 5.75 Å². The third-order valence-electron chi connectivity index (χ3n) is 4.51. The van der Waals surface area contributed by atoms with Gasteiger partial charge >= 0.3 is 12.1 Å². The minimum atomic E-state index is -4.47. The fourth-order valence-corrected chi connectivity index (χ4v) is 2.99. The van der Waals surface area contributed by atoms with Crippen molar-refractivity contribution in [2.24, 2.45) is 0 Å². The Morgan fingerprint density at radius 2 is 1.53 bits per heavy atom. The molecule has 170 valence electrons. The maximum absolute atomic E-state index is 15.0. The Labute approximate surface area is 178 Å². The van der Waals surface area contributed by atoms with E-state index in [4.69, 9.17) is 4.74 Å². The quantitative estimate of drug-likeness (QED) is 0.381. The third-order valence-corrected chi connectivity index (χ3v) is 4.51. The van der Waals surface area contributed by atoms with E-state index in [0.717, 1.165) is 31.5 Å². The molecule has 0 fully saturated rings. The summed E-state index contributed by atoms with van der Waals surface area (Å²) in [7, 11) is 0.970. The number of hydrogen-bond acceptors (Lipinski definition) is 3. The molecule has 0 saturated carbocycles. The van der Waals surface area contributed by atoms with Gasteiger partial charge in [0.25, 0.3) is 0 Å². The topological polar surface area (TPSA) is 31.4 Å². The van der Waals surface area contributed by atoms with Crippen molar-refractivity contribution < 1.29 is 40.2 Å². The summed E-state index contributed by atoms with van der Waals surface area (Å²) in [6.45, 7) is -1.44. The largest absolute Gasteiger partial charge is 0.484 e. The summed E-state index contributed by atoms with van der Waals surface area (Å²) in [5, 5.41) is 0. The molecule has 0 aliphatic heterocycles. The molecule has 0 spiro atoms. The number of benzene rings is 2. The predicted molar refractivity (Wildman–Crippen MR) is 101 cm³/mol. The van der Waals surface area contributed by atoms with Gasteiger partial charge in [-0.15, -0.1) is 0 Å². The highest BCUT2D eigenvalue weighted by atomic mass is 19.4. The zero-order valence-corrected chi connectivity index (χ0v) is 16.5. The van der Waals surface area contributed by atoms with Gasteiger partial charge in [0, 0.05) is 30.5 Å². The molecule has 0 radical (unpaired) electrons. The molecule has 0 N–H and O–H groups in total. The second kappa shape index (κ2) is 9.15. The fourth-order valence-electron chi connectivity index (χ4n) is 2.99. The maximum Gasteiger partial charge on any atom is 0.422 e. The van der Waals surface area contributed by atoms with Gasteiger partial charge in [-0.1, -0.05) is 24.3 Å². The standard InChI is InChI=1S/C22H16F7NO2/c1-31-20(17-8-5-15(23)10-18(17)24)22(28,29)19-9-4-14(11-30-19)13-2-6-16(7-3-13)32-12-21(25,26)27/h2-11,20H,12H2,1H3. The van der Waals surface area contributed by atoms with E-state index in [9.17, 15) is 30.7 Å². The molecule has 0 aliphatic rings. The Morgan fingerprint density at radius 1 is 0.875 bits per heavy atom. The molecule has 1 heterocycles. The molecule has 0 bridgehead atoms. The molecule has 3 rings (SSSR count). The number of hydrogen-bond donors (Lipinski definition) is 0. The Balaban J connectivity index is 1.80. The van der Waals surface area contributed by atoms with E-state index in [2.05, 4.69) is 9.72 Å². The number of aromatic nitrogens is 1. The molecular weight excluding hydrogens is 443 g/mol. The zero-order chi connectivity index (χ0) is 23.5. The summed E-state index contributed by atoms with van der Waals surface area (Å²) >= 11 is 0. The monoisotopic (exact) mass is 459 g/mol. The molecule has 1 atom stereocenters. The van der Waals surface area contributed by atoms with Gasteiger partial charge in [-0.05, 0) is 29.8 Å². The lowest BCUT2D eigenvalue weighted by Gasteiger charge is -2.26. The summed E-state index contributed by atoms with van der Waals surface area (Å²) in [6, 6.07) is 10.1. The molecule has 32 heavy (non-hydrogen) atoms. The van der Waals surface area contributed by atoms with E-state index in [-0.39, 0.29) is 5.75 Å². The predicted octanol–water partition coefficient (Wildman–Crippen LogP) is 6.45. The van der Waals surface area contributed by atoms with E-state index in [1.54, 1.807) is 0 Å². The molecule has 0 aliphatic carbocycles. The van der Waals surface area contributed by atoms with Crippen molar-refractivity contribution in [2.75, 3.05) is 13.7 Å². The normalized spacial score (nSPS) is 13.1. The van der Waals surface area contributed by atoms with Gasteiger partial charge in [0.2, 0.25) is 0 Å². The minimum Gasteiger partial charge on any atom is -0.484 e. The van der Waals surface area contributed by atoms with Crippen LogP contribution in [0.3, 0.4) is 0 Å². The van der Waals surface area contributed by atoms with Gasteiger partial charge in [0.05, 0.1) is 0 Å². The van der Waals surface area contributed by atoms with Gasteiger partial charge in [-0.2, -0.15) is 22.0 Å². The molecule has 0 saturated heterocycles. The van der Waals surface area contributed by atoms with Crippen LogP contribution in [0.25, 0.3) is 11.1 Å². The molecule has 0 amide bonds. The van der Waals surface area contributed by atoms with Gasteiger partial charge in [0.1, 0.15) is 23.1 Å². The lowest BCUT2D eigenvalue weighted by atomic mass is 9.99. The van der Waals surface area contributed by atoms with Gasteiger partial charge in [0.15, 0.2) is 12.7 Å². The number of methoxy groups -OCH3 is 1. The Bertz CT molecular complexity index is 1050. The SMILES string of the molecule is COC(c1ccc(F)cc1F)C(F)(F)c1ccc(-c2ccc(OCC(F)(F)F)cc2)cn1. The van der Waals surface area contributed by atoms with E-state index >= 15 is 0 Å². The highest BCUT2D eigenvalue weighted by Gasteiger charge is 2.45. The number of pyridine rings is 1. The molecule has 10 heteroatoms. The summed E-state index contributed by atoms with van der Waals surface area (Å²) in [5.41, 5.74) is -0.324. The summed E-state index contributed by atoms with van der Waals surface area (Å²) in [5.74, 6) is -5.85. The maximum atomic E-state index is 15.0. The number of alkyl halides is 5. The molecular formula is C22H16F7NO2. The summed E-state index contributed by atoms with van der Waals surface area (Å²) < 4.78 is 103. The number of nitrogens with zero attached hydrogens (tertiary/aromatic N) is 1. The van der Waals surface area contributed by atoms with Crippen LogP contribution in [-0.2, 0) is 10.7 Å². The number of halogens is 7. The molecule has 2 aromatic carbocycles. The second-order valence-corrected chi connectivity index (χ2v) is 6.76. The Kier molecular flexibility index (Phi) is 6.73. The van der Waals surface area contributed by atoms with E-state index < -0.39 is 47.7 Å². The summed E-state index contributed by atoms with van der Waals surface area (Å²) in [6.07, 6.45) is -5.38. The van der Waals surface area contributed by atoms with Gasteiger partial charge in [-0.25, -0.2) is 8.78 Å². The molecule has 1 unspecified atom stereocenters. The summed E-state index contributed by atoms with van der Waals surface area (Å²) in [4.78, 5) is 3.75. The average molecular weight is 459 g/mol. The van der Waals surface area contributed by atoms with E-state index in [1.165, 1.54) is 30.3 Å². The number of rotatable bonds is 7. The lowest BCUT2D eigenvalue weighted by molar-refractivity contribution is -0.153. The van der Waals surface area contributed by atoms with E-state index in [0.29, 0.717) is 17.2 Å². The first kappa shape index (κ1) is 23.5. The highest BCUT2D eigenvalue weighted by molar-refractivity contribution is 5.63. The minimum absolute atomic E-state index is 0.00792. The Morgan fingerprint density at radius 3 is 2.06 bits per heavy atom. The van der Waals surface area contributed by atoms with Crippen LogP contribution in [0.2, 0.25) is 0 Å². The van der Waals surface area contributed by atoms with Crippen molar-refractivity contribution in [1.82, 2.24) is 4.98 Å². The smallest absolute Gasteiger partial charge is 0.422 e. The van der Waals surface area contributed by atoms with Crippen LogP contribution < -0.4 is 4.74 Å². The first-order valence-corrected chi connectivity index (χ1v) is 9.13. The van der Waals surface area contributed by atoms with E-state index in [1.807, 2.05) is 0 Å². The van der Waals surface area contributed by atoms with Crippen molar-refractivity contribution in [3.63, 3.8) is 0 Å². The number of ether oxygens (including phenoxy) is 2. The van der Waals surface area contributed by atoms with Crippen LogP contribution in [0.4, 0.5) is 30.7 Å². The average Bonchev–Trinajstić information content (AvgIpc) is 2.74.